The van der Waals surface area contributed by atoms with Crippen molar-refractivity contribution in [1.82, 2.24) is 4.98 Å². The molecule has 1 rings (SSSR count). The molecule has 0 saturated carbocycles. The topological polar surface area (TPSA) is 45.9 Å². The van der Waals surface area contributed by atoms with Crippen LogP contribution in [0.5, 0.6) is 5.88 Å². The first-order valence-electron chi connectivity index (χ1n) is 3.14. The van der Waals surface area contributed by atoms with Crippen molar-refractivity contribution in [3.05, 3.63) is 22.8 Å². The van der Waals surface area contributed by atoms with Gasteiger partial charge in [-0.25, -0.2) is 4.98 Å². The Kier molecular flexibility index (Phi) is 2.98. The minimum Gasteiger partial charge on any atom is -0.417 e. The van der Waals surface area contributed by atoms with Gasteiger partial charge in [0.25, 0.3) is 0 Å². The van der Waals surface area contributed by atoms with Gasteiger partial charge in [-0.2, -0.15) is 14.0 Å². The van der Waals surface area contributed by atoms with Crippen LogP contribution in [0.4, 0.5) is 8.78 Å². The van der Waals surface area contributed by atoms with Gasteiger partial charge in [0.05, 0.1) is 16.8 Å². The Morgan fingerprint density at radius 1 is 1.62 bits per heavy atom. The molecule has 0 aliphatic rings. The predicted molar refractivity (Wildman–Crippen MR) is 40.6 cm³/mol. The van der Waals surface area contributed by atoms with Crippen molar-refractivity contribution < 1.29 is 13.5 Å². The molecule has 0 aliphatic heterocycles. The highest BCUT2D eigenvalue weighted by Crippen LogP contribution is 2.19. The van der Waals surface area contributed by atoms with E-state index in [2.05, 4.69) is 9.72 Å². The Hall–Kier alpha value is -1.41. The van der Waals surface area contributed by atoms with Crippen molar-refractivity contribution in [3.8, 4) is 11.9 Å². The summed E-state index contributed by atoms with van der Waals surface area (Å²) in [6.07, 6.45) is 1.07. The molecule has 0 amide bonds. The first-order valence-corrected chi connectivity index (χ1v) is 3.51. The molecule has 0 aliphatic carbocycles. The molecule has 0 aromatic carbocycles. The fourth-order valence-electron chi connectivity index (χ4n) is 0.651. The van der Waals surface area contributed by atoms with Crippen LogP contribution in [0.3, 0.4) is 0 Å². The van der Waals surface area contributed by atoms with E-state index in [9.17, 15) is 8.78 Å². The number of halogens is 3. The molecular formula is C7H3ClF2N2O. The van der Waals surface area contributed by atoms with Gasteiger partial charge in [-0.05, 0) is 0 Å². The Morgan fingerprint density at radius 3 is 2.77 bits per heavy atom. The smallest absolute Gasteiger partial charge is 0.388 e. The zero-order chi connectivity index (χ0) is 9.84. The minimum atomic E-state index is -2.95. The number of nitrogens with zero attached hydrogens (tertiary/aromatic N) is 2. The summed E-state index contributed by atoms with van der Waals surface area (Å²) in [7, 11) is 0. The molecule has 68 valence electrons. The maximum Gasteiger partial charge on any atom is 0.388 e. The molecule has 0 atom stereocenters. The number of nitriles is 1. The Balaban J connectivity index is 2.91. The molecule has 0 radical (unpaired) electrons. The number of ether oxygens (including phenoxy) is 1. The second-order valence-electron chi connectivity index (χ2n) is 1.99. The van der Waals surface area contributed by atoms with Crippen LogP contribution in [-0.4, -0.2) is 11.6 Å². The zero-order valence-electron chi connectivity index (χ0n) is 6.17. The molecule has 13 heavy (non-hydrogen) atoms. The molecule has 6 heteroatoms. The van der Waals surface area contributed by atoms with Crippen molar-refractivity contribution in [1.29, 1.82) is 5.26 Å². The normalized spacial score (nSPS) is 9.77. The Bertz CT molecular complexity index is 351. The van der Waals surface area contributed by atoms with Gasteiger partial charge in [-0.1, -0.05) is 11.6 Å². The van der Waals surface area contributed by atoms with Crippen LogP contribution in [0.1, 0.15) is 5.56 Å². The molecule has 0 fully saturated rings. The predicted octanol–water partition coefficient (Wildman–Crippen LogP) is 2.21. The summed E-state index contributed by atoms with van der Waals surface area (Å²) >= 11 is 5.53. The van der Waals surface area contributed by atoms with Crippen LogP contribution < -0.4 is 4.74 Å². The van der Waals surface area contributed by atoms with Crippen molar-refractivity contribution in [2.45, 2.75) is 6.61 Å². The highest BCUT2D eigenvalue weighted by atomic mass is 35.5. The van der Waals surface area contributed by atoms with Crippen LogP contribution in [0.2, 0.25) is 5.02 Å². The van der Waals surface area contributed by atoms with E-state index in [4.69, 9.17) is 16.9 Å². The van der Waals surface area contributed by atoms with E-state index in [1.165, 1.54) is 0 Å². The van der Waals surface area contributed by atoms with Gasteiger partial charge in [0.1, 0.15) is 6.07 Å². The van der Waals surface area contributed by atoms with Crippen LogP contribution in [-0.2, 0) is 0 Å². The highest BCUT2D eigenvalue weighted by molar-refractivity contribution is 6.31. The van der Waals surface area contributed by atoms with Gasteiger partial charge in [-0.15, -0.1) is 0 Å². The zero-order valence-corrected chi connectivity index (χ0v) is 6.92. The molecule has 1 aromatic rings. The fraction of sp³-hybridized carbons (Fsp3) is 0.143. The summed E-state index contributed by atoms with van der Waals surface area (Å²) in [4.78, 5) is 3.44. The maximum atomic E-state index is 11.7. The SMILES string of the molecule is N#Cc1cnc(OC(F)F)cc1Cl. The van der Waals surface area contributed by atoms with Crippen molar-refractivity contribution in [2.24, 2.45) is 0 Å². The summed E-state index contributed by atoms with van der Waals surface area (Å²) in [6.45, 7) is -2.95. The van der Waals surface area contributed by atoms with Gasteiger partial charge in [-0.3, -0.25) is 0 Å². The van der Waals surface area contributed by atoms with Gasteiger partial charge in [0.2, 0.25) is 5.88 Å². The van der Waals surface area contributed by atoms with Gasteiger partial charge in [0.15, 0.2) is 0 Å². The van der Waals surface area contributed by atoms with Crippen molar-refractivity contribution in [2.75, 3.05) is 0 Å². The number of pyridine rings is 1. The first kappa shape index (κ1) is 9.68. The lowest BCUT2D eigenvalue weighted by Gasteiger charge is -2.02. The van der Waals surface area contributed by atoms with Crippen molar-refractivity contribution >= 4 is 11.6 Å². The number of aromatic nitrogens is 1. The third-order valence-electron chi connectivity index (χ3n) is 1.16. The monoisotopic (exact) mass is 204 g/mol. The molecule has 3 nitrogen and oxygen atoms in total. The average Bonchev–Trinajstić information content (AvgIpc) is 2.03. The number of hydrogen-bond acceptors (Lipinski definition) is 3. The van der Waals surface area contributed by atoms with Crippen LogP contribution in [0, 0.1) is 11.3 Å². The molecular weight excluding hydrogens is 202 g/mol. The van der Waals surface area contributed by atoms with E-state index < -0.39 is 6.61 Å². The lowest BCUT2D eigenvalue weighted by molar-refractivity contribution is -0.0528. The summed E-state index contributed by atoms with van der Waals surface area (Å²) in [5, 5.41) is 8.46. The number of rotatable bonds is 2. The number of hydrogen-bond donors (Lipinski definition) is 0. The lowest BCUT2D eigenvalue weighted by atomic mass is 10.3. The van der Waals surface area contributed by atoms with Gasteiger partial charge in [0, 0.05) is 6.07 Å². The quantitative estimate of drug-likeness (QED) is 0.742. The Morgan fingerprint density at radius 2 is 2.31 bits per heavy atom. The largest absolute Gasteiger partial charge is 0.417 e. The molecule has 1 heterocycles. The van der Waals surface area contributed by atoms with Crippen LogP contribution in [0.25, 0.3) is 0 Å². The van der Waals surface area contributed by atoms with E-state index in [1.807, 2.05) is 0 Å². The van der Waals surface area contributed by atoms with E-state index in [0.29, 0.717) is 0 Å². The standard InChI is InChI=1S/C7H3ClF2N2O/c8-5-1-6(13-7(9)10)12-3-4(5)2-11/h1,3,7H. The van der Waals surface area contributed by atoms with Gasteiger partial charge < -0.3 is 4.74 Å². The minimum absolute atomic E-state index is 0.0353. The maximum absolute atomic E-state index is 11.7. The second kappa shape index (κ2) is 4.01. The molecule has 0 saturated heterocycles. The summed E-state index contributed by atoms with van der Waals surface area (Å²) < 4.78 is 27.3. The van der Waals surface area contributed by atoms with E-state index in [0.717, 1.165) is 12.3 Å². The lowest BCUT2D eigenvalue weighted by Crippen LogP contribution is -2.03. The van der Waals surface area contributed by atoms with Gasteiger partial charge >= 0.3 is 6.61 Å². The third-order valence-corrected chi connectivity index (χ3v) is 1.47. The van der Waals surface area contributed by atoms with Crippen molar-refractivity contribution in [3.63, 3.8) is 0 Å². The fourth-order valence-corrected chi connectivity index (χ4v) is 0.836. The molecule has 0 unspecified atom stereocenters. The summed E-state index contributed by atoms with van der Waals surface area (Å²) in [5.74, 6) is -0.306. The Labute approximate surface area is 77.5 Å². The first-order chi connectivity index (χ1) is 6.13. The number of alkyl halides is 2. The molecule has 0 spiro atoms. The average molecular weight is 205 g/mol. The molecule has 1 aromatic heterocycles. The summed E-state index contributed by atoms with van der Waals surface area (Å²) in [6, 6.07) is 2.80. The third kappa shape index (κ3) is 2.53. The van der Waals surface area contributed by atoms with E-state index in [-0.39, 0.29) is 16.5 Å². The highest BCUT2D eigenvalue weighted by Gasteiger charge is 2.07. The molecule has 0 N–H and O–H groups in total. The van der Waals surface area contributed by atoms with E-state index in [1.54, 1.807) is 6.07 Å². The van der Waals surface area contributed by atoms with Crippen LogP contribution >= 0.6 is 11.6 Å². The summed E-state index contributed by atoms with van der Waals surface area (Å²) in [5.41, 5.74) is 0.114. The molecule has 0 bridgehead atoms. The van der Waals surface area contributed by atoms with E-state index >= 15 is 0 Å². The van der Waals surface area contributed by atoms with Crippen LogP contribution in [0.15, 0.2) is 12.3 Å². The second-order valence-corrected chi connectivity index (χ2v) is 2.40.